The number of rotatable bonds is 4. The molecule has 0 atom stereocenters. The van der Waals surface area contributed by atoms with Gasteiger partial charge < -0.3 is 9.47 Å². The molecule has 86 valence electrons. The fourth-order valence-corrected chi connectivity index (χ4v) is 1.17. The first kappa shape index (κ1) is 12.2. The Kier molecular flexibility index (Phi) is 4.51. The minimum Gasteiger partial charge on any atom is -0.488 e. The van der Waals surface area contributed by atoms with Gasteiger partial charge in [-0.15, -0.1) is 0 Å². The summed E-state index contributed by atoms with van der Waals surface area (Å²) in [5, 5.41) is 0. The van der Waals surface area contributed by atoms with Crippen molar-refractivity contribution in [1.82, 2.24) is 0 Å². The monoisotopic (exact) mass is 224 g/mol. The summed E-state index contributed by atoms with van der Waals surface area (Å²) in [6.07, 6.45) is 0. The number of hydrogen-bond donors (Lipinski definition) is 0. The van der Waals surface area contributed by atoms with Crippen LogP contribution in [0.25, 0.3) is 5.83 Å². The van der Waals surface area contributed by atoms with Gasteiger partial charge in [-0.2, -0.15) is 0 Å². The third-order valence-corrected chi connectivity index (χ3v) is 1.89. The first-order valence-corrected chi connectivity index (χ1v) is 4.87. The zero-order valence-corrected chi connectivity index (χ0v) is 9.20. The lowest BCUT2D eigenvalue weighted by molar-refractivity contribution is -0.142. The lowest BCUT2D eigenvalue weighted by Crippen LogP contribution is -2.10. The molecular formula is C12H13FO3. The van der Waals surface area contributed by atoms with Gasteiger partial charge in [0.05, 0.1) is 13.7 Å². The van der Waals surface area contributed by atoms with Crippen molar-refractivity contribution in [2.24, 2.45) is 0 Å². The van der Waals surface area contributed by atoms with Gasteiger partial charge in [0, 0.05) is 5.56 Å². The van der Waals surface area contributed by atoms with Gasteiger partial charge in [-0.05, 0) is 6.92 Å². The lowest BCUT2D eigenvalue weighted by Gasteiger charge is -2.07. The second-order valence-corrected chi connectivity index (χ2v) is 2.93. The van der Waals surface area contributed by atoms with E-state index >= 15 is 0 Å². The number of methoxy groups -OCH3 is 1. The minimum absolute atomic E-state index is 0.174. The van der Waals surface area contributed by atoms with Crippen LogP contribution in [0.1, 0.15) is 12.5 Å². The van der Waals surface area contributed by atoms with Gasteiger partial charge in [0.2, 0.25) is 5.76 Å². The van der Waals surface area contributed by atoms with Crippen LogP contribution in [0.15, 0.2) is 36.1 Å². The molecule has 0 N–H and O–H groups in total. The van der Waals surface area contributed by atoms with Crippen molar-refractivity contribution < 1.29 is 18.7 Å². The zero-order valence-electron chi connectivity index (χ0n) is 9.20. The van der Waals surface area contributed by atoms with Gasteiger partial charge in [0.15, 0.2) is 5.83 Å². The Morgan fingerprint density at radius 3 is 2.44 bits per heavy atom. The van der Waals surface area contributed by atoms with Gasteiger partial charge in [-0.25, -0.2) is 9.18 Å². The molecule has 4 heteroatoms. The second-order valence-electron chi connectivity index (χ2n) is 2.93. The molecule has 0 unspecified atom stereocenters. The quantitative estimate of drug-likeness (QED) is 0.448. The molecule has 0 radical (unpaired) electrons. The topological polar surface area (TPSA) is 35.5 Å². The van der Waals surface area contributed by atoms with Crippen LogP contribution in [-0.2, 0) is 14.3 Å². The van der Waals surface area contributed by atoms with E-state index < -0.39 is 17.6 Å². The van der Waals surface area contributed by atoms with Crippen LogP contribution in [0.2, 0.25) is 0 Å². The summed E-state index contributed by atoms with van der Waals surface area (Å²) in [5.41, 5.74) is 0.285. The minimum atomic E-state index is -0.800. The van der Waals surface area contributed by atoms with Crippen LogP contribution in [0.5, 0.6) is 0 Å². The Hall–Kier alpha value is -1.84. The average molecular weight is 224 g/mol. The van der Waals surface area contributed by atoms with Crippen molar-refractivity contribution in [3.63, 3.8) is 0 Å². The maximum Gasteiger partial charge on any atom is 0.376 e. The molecular weight excluding hydrogens is 211 g/mol. The molecule has 1 rings (SSSR count). The molecule has 0 saturated carbocycles. The van der Waals surface area contributed by atoms with E-state index in [1.807, 2.05) is 0 Å². The summed E-state index contributed by atoms with van der Waals surface area (Å²) in [7, 11) is 1.23. The van der Waals surface area contributed by atoms with Crippen LogP contribution >= 0.6 is 0 Å². The van der Waals surface area contributed by atoms with E-state index in [1.54, 1.807) is 37.3 Å². The van der Waals surface area contributed by atoms with Gasteiger partial charge >= 0.3 is 5.97 Å². The maximum atomic E-state index is 13.8. The fourth-order valence-electron chi connectivity index (χ4n) is 1.17. The van der Waals surface area contributed by atoms with Crippen molar-refractivity contribution in [3.8, 4) is 0 Å². The van der Waals surface area contributed by atoms with Crippen molar-refractivity contribution in [2.75, 3.05) is 13.7 Å². The number of ether oxygens (including phenoxy) is 2. The summed E-state index contributed by atoms with van der Waals surface area (Å²) < 4.78 is 23.2. The Morgan fingerprint density at radius 2 is 1.94 bits per heavy atom. The average Bonchev–Trinajstić information content (AvgIpc) is 2.31. The molecule has 0 saturated heterocycles. The highest BCUT2D eigenvalue weighted by atomic mass is 19.1. The molecule has 0 aliphatic carbocycles. The van der Waals surface area contributed by atoms with Gasteiger partial charge in [0.1, 0.15) is 0 Å². The predicted octanol–water partition coefficient (Wildman–Crippen LogP) is 2.53. The lowest BCUT2D eigenvalue weighted by atomic mass is 10.2. The largest absolute Gasteiger partial charge is 0.488 e. The van der Waals surface area contributed by atoms with E-state index in [0.717, 1.165) is 0 Å². The Morgan fingerprint density at radius 1 is 1.31 bits per heavy atom. The molecule has 16 heavy (non-hydrogen) atoms. The Bertz CT molecular complexity index is 385. The van der Waals surface area contributed by atoms with Crippen molar-refractivity contribution in [1.29, 1.82) is 0 Å². The summed E-state index contributed by atoms with van der Waals surface area (Å²) in [4.78, 5) is 11.3. The zero-order chi connectivity index (χ0) is 12.0. The second kappa shape index (κ2) is 5.90. The number of carbonyl (C=O) groups excluding carboxylic acids is 1. The molecule has 0 fully saturated rings. The highest BCUT2D eigenvalue weighted by molar-refractivity contribution is 5.93. The number of esters is 1. The molecule has 0 aliphatic heterocycles. The standard InChI is InChI=1S/C12H13FO3/c1-3-16-12(14)11(15-2)10(13)9-7-5-4-6-8-9/h4-8H,3H2,1-2H3/b11-10-. The highest BCUT2D eigenvalue weighted by Gasteiger charge is 2.18. The Labute approximate surface area is 93.5 Å². The van der Waals surface area contributed by atoms with Crippen molar-refractivity contribution in [2.45, 2.75) is 6.92 Å². The normalized spacial score (nSPS) is 11.7. The van der Waals surface area contributed by atoms with E-state index in [0.29, 0.717) is 0 Å². The predicted molar refractivity (Wildman–Crippen MR) is 58.1 cm³/mol. The molecule has 1 aromatic carbocycles. The van der Waals surface area contributed by atoms with Crippen LogP contribution in [0.3, 0.4) is 0 Å². The molecule has 0 aliphatic rings. The van der Waals surface area contributed by atoms with Gasteiger partial charge in [-0.1, -0.05) is 30.3 Å². The summed E-state index contributed by atoms with van der Waals surface area (Å²) >= 11 is 0. The van der Waals surface area contributed by atoms with Crippen LogP contribution < -0.4 is 0 Å². The van der Waals surface area contributed by atoms with Crippen molar-refractivity contribution >= 4 is 11.8 Å². The Balaban J connectivity index is 3.04. The number of carbonyl (C=O) groups is 1. The van der Waals surface area contributed by atoms with E-state index in [1.165, 1.54) is 7.11 Å². The maximum absolute atomic E-state index is 13.8. The van der Waals surface area contributed by atoms with Crippen LogP contribution in [0, 0.1) is 0 Å². The molecule has 0 amide bonds. The molecule has 0 spiro atoms. The molecule has 1 aromatic rings. The summed E-state index contributed by atoms with van der Waals surface area (Å²) in [5.74, 6) is -1.93. The third-order valence-electron chi connectivity index (χ3n) is 1.89. The SMILES string of the molecule is CCOC(=O)/C(OC)=C(/F)c1ccccc1. The van der Waals surface area contributed by atoms with E-state index in [9.17, 15) is 9.18 Å². The van der Waals surface area contributed by atoms with Gasteiger partial charge in [0.25, 0.3) is 0 Å². The fraction of sp³-hybridized carbons (Fsp3) is 0.250. The number of halogens is 1. The van der Waals surface area contributed by atoms with Crippen LogP contribution in [-0.4, -0.2) is 19.7 Å². The molecule has 0 bridgehead atoms. The number of benzene rings is 1. The van der Waals surface area contributed by atoms with Crippen LogP contribution in [0.4, 0.5) is 4.39 Å². The number of hydrogen-bond acceptors (Lipinski definition) is 3. The van der Waals surface area contributed by atoms with Crippen molar-refractivity contribution in [3.05, 3.63) is 41.7 Å². The van der Waals surface area contributed by atoms with Gasteiger partial charge in [-0.3, -0.25) is 0 Å². The molecule has 0 heterocycles. The van der Waals surface area contributed by atoms with E-state index in [2.05, 4.69) is 4.74 Å². The smallest absolute Gasteiger partial charge is 0.376 e. The first-order valence-electron chi connectivity index (χ1n) is 4.87. The molecule has 0 aromatic heterocycles. The third kappa shape index (κ3) is 2.82. The first-order chi connectivity index (χ1) is 7.70. The highest BCUT2D eigenvalue weighted by Crippen LogP contribution is 2.21. The van der Waals surface area contributed by atoms with E-state index in [-0.39, 0.29) is 12.2 Å². The van der Waals surface area contributed by atoms with E-state index in [4.69, 9.17) is 4.74 Å². The molecule has 3 nitrogen and oxygen atoms in total. The summed E-state index contributed by atoms with van der Waals surface area (Å²) in [6.45, 7) is 1.82. The summed E-state index contributed by atoms with van der Waals surface area (Å²) in [6, 6.07) is 8.20.